The van der Waals surface area contributed by atoms with Gasteiger partial charge in [-0.2, -0.15) is 0 Å². The number of fused-ring (bicyclic) bond motifs is 2. The zero-order valence-corrected chi connectivity index (χ0v) is 15.1. The first kappa shape index (κ1) is 17.3. The molecule has 0 saturated heterocycles. The lowest BCUT2D eigenvalue weighted by Gasteiger charge is -2.09. The molecule has 2 heterocycles. The highest BCUT2D eigenvalue weighted by atomic mass is 16.6. The van der Waals surface area contributed by atoms with Crippen molar-refractivity contribution < 1.29 is 14.3 Å². The first-order valence-corrected chi connectivity index (χ1v) is 9.02. The smallest absolute Gasteiger partial charge is 0.338 e. The van der Waals surface area contributed by atoms with Crippen molar-refractivity contribution in [2.75, 3.05) is 13.2 Å². The Morgan fingerprint density at radius 3 is 2.93 bits per heavy atom. The third-order valence-electron chi connectivity index (χ3n) is 4.63. The molecule has 0 amide bonds. The van der Waals surface area contributed by atoms with Crippen LogP contribution >= 0.6 is 0 Å². The van der Waals surface area contributed by atoms with Gasteiger partial charge in [0.05, 0.1) is 16.5 Å². The molecule has 1 aliphatic rings. The minimum Gasteiger partial charge on any atom is -0.490 e. The molecule has 6 heteroatoms. The fourth-order valence-electron chi connectivity index (χ4n) is 3.29. The molecule has 0 unspecified atom stereocenters. The molecule has 4 rings (SSSR count). The summed E-state index contributed by atoms with van der Waals surface area (Å²) in [5.41, 5.74) is 1.99. The summed E-state index contributed by atoms with van der Waals surface area (Å²) in [4.78, 5) is 29.3. The zero-order valence-electron chi connectivity index (χ0n) is 15.1. The molecule has 0 bridgehead atoms. The summed E-state index contributed by atoms with van der Waals surface area (Å²) >= 11 is 0. The van der Waals surface area contributed by atoms with E-state index in [-0.39, 0.29) is 18.8 Å². The molecule has 6 nitrogen and oxygen atoms in total. The number of benzene rings is 2. The number of aromatic nitrogens is 2. The standard InChI is InChI=1S/C21H20N2O4/c1-14-4-2-5-16(12-14)26-10-11-27-21(25)15-7-8-17-18(13-15)22-19-6-3-9-23(19)20(17)24/h2,4-5,7-8,12-13H,3,6,9-11H2,1H3. The molecule has 0 atom stereocenters. The van der Waals surface area contributed by atoms with Gasteiger partial charge in [0, 0.05) is 13.0 Å². The van der Waals surface area contributed by atoms with Gasteiger partial charge in [-0.1, -0.05) is 12.1 Å². The lowest BCUT2D eigenvalue weighted by Crippen LogP contribution is -2.21. The lowest BCUT2D eigenvalue weighted by atomic mass is 10.1. The Morgan fingerprint density at radius 2 is 2.07 bits per heavy atom. The van der Waals surface area contributed by atoms with Gasteiger partial charge in [-0.3, -0.25) is 9.36 Å². The van der Waals surface area contributed by atoms with Crippen molar-refractivity contribution in [3.63, 3.8) is 0 Å². The van der Waals surface area contributed by atoms with Gasteiger partial charge in [-0.15, -0.1) is 0 Å². The number of hydrogen-bond acceptors (Lipinski definition) is 5. The zero-order chi connectivity index (χ0) is 18.8. The van der Waals surface area contributed by atoms with Gasteiger partial charge in [0.1, 0.15) is 24.8 Å². The molecule has 0 aliphatic carbocycles. The van der Waals surface area contributed by atoms with Crippen LogP contribution in [0.5, 0.6) is 5.75 Å². The lowest BCUT2D eigenvalue weighted by molar-refractivity contribution is 0.0450. The van der Waals surface area contributed by atoms with E-state index in [2.05, 4.69) is 4.98 Å². The molecule has 1 aromatic heterocycles. The van der Waals surface area contributed by atoms with Crippen LogP contribution < -0.4 is 10.3 Å². The van der Waals surface area contributed by atoms with E-state index in [1.165, 1.54) is 0 Å². The van der Waals surface area contributed by atoms with E-state index in [0.717, 1.165) is 30.0 Å². The van der Waals surface area contributed by atoms with Gasteiger partial charge in [0.2, 0.25) is 0 Å². The SMILES string of the molecule is Cc1cccc(OCCOC(=O)c2ccc3c(=O)n4c(nc3c2)CCC4)c1. The first-order chi connectivity index (χ1) is 13.1. The maximum atomic E-state index is 12.5. The Morgan fingerprint density at radius 1 is 1.19 bits per heavy atom. The summed E-state index contributed by atoms with van der Waals surface area (Å²) in [6.45, 7) is 3.12. The van der Waals surface area contributed by atoms with Crippen LogP contribution in [0.1, 0.15) is 28.2 Å². The summed E-state index contributed by atoms with van der Waals surface area (Å²) < 4.78 is 12.6. The predicted octanol–water partition coefficient (Wildman–Crippen LogP) is 2.89. The first-order valence-electron chi connectivity index (χ1n) is 9.02. The van der Waals surface area contributed by atoms with E-state index < -0.39 is 5.97 Å². The van der Waals surface area contributed by atoms with Gasteiger partial charge < -0.3 is 9.47 Å². The second-order valence-electron chi connectivity index (χ2n) is 6.62. The van der Waals surface area contributed by atoms with E-state index in [1.807, 2.05) is 31.2 Å². The summed E-state index contributed by atoms with van der Waals surface area (Å²) in [6.07, 6.45) is 1.71. The minimum absolute atomic E-state index is 0.0426. The van der Waals surface area contributed by atoms with Gasteiger partial charge in [-0.25, -0.2) is 9.78 Å². The van der Waals surface area contributed by atoms with Crippen LogP contribution in [-0.2, 0) is 17.7 Å². The average molecular weight is 364 g/mol. The highest BCUT2D eigenvalue weighted by Gasteiger charge is 2.17. The van der Waals surface area contributed by atoms with E-state index in [1.54, 1.807) is 22.8 Å². The Balaban J connectivity index is 1.42. The van der Waals surface area contributed by atoms with Crippen LogP contribution in [0.15, 0.2) is 47.3 Å². The normalized spacial score (nSPS) is 12.8. The summed E-state index contributed by atoms with van der Waals surface area (Å²) in [5, 5.41) is 0.528. The van der Waals surface area contributed by atoms with E-state index in [0.29, 0.717) is 23.0 Å². The number of rotatable bonds is 5. The van der Waals surface area contributed by atoms with Crippen LogP contribution in [-0.4, -0.2) is 28.7 Å². The third-order valence-corrected chi connectivity index (χ3v) is 4.63. The van der Waals surface area contributed by atoms with Crippen molar-refractivity contribution in [1.82, 2.24) is 9.55 Å². The van der Waals surface area contributed by atoms with E-state index in [9.17, 15) is 9.59 Å². The average Bonchev–Trinajstić information content (AvgIpc) is 3.13. The Kier molecular flexibility index (Phi) is 4.62. The Hall–Kier alpha value is -3.15. The molecule has 1 aliphatic heterocycles. The number of esters is 1. The molecule has 0 spiro atoms. The molecule has 3 aromatic rings. The Bertz CT molecular complexity index is 1070. The maximum Gasteiger partial charge on any atom is 0.338 e. The van der Waals surface area contributed by atoms with Gasteiger partial charge in [-0.05, 0) is 49.2 Å². The van der Waals surface area contributed by atoms with Crippen LogP contribution in [0.2, 0.25) is 0 Å². The quantitative estimate of drug-likeness (QED) is 0.514. The number of nitrogens with zero attached hydrogens (tertiary/aromatic N) is 2. The highest BCUT2D eigenvalue weighted by molar-refractivity contribution is 5.94. The van der Waals surface area contributed by atoms with Crippen molar-refractivity contribution in [1.29, 1.82) is 0 Å². The molecule has 0 N–H and O–H groups in total. The summed E-state index contributed by atoms with van der Waals surface area (Å²) in [5.74, 6) is 1.08. The predicted molar refractivity (Wildman–Crippen MR) is 101 cm³/mol. The highest BCUT2D eigenvalue weighted by Crippen LogP contribution is 2.17. The number of carbonyl (C=O) groups excluding carboxylic acids is 1. The third kappa shape index (κ3) is 3.56. The molecule has 0 fully saturated rings. The van der Waals surface area contributed by atoms with Crippen molar-refractivity contribution in [3.8, 4) is 5.75 Å². The number of hydrogen-bond donors (Lipinski definition) is 0. The maximum absolute atomic E-state index is 12.5. The number of aryl methyl sites for hydroxylation is 2. The van der Waals surface area contributed by atoms with Crippen molar-refractivity contribution in [3.05, 3.63) is 69.8 Å². The van der Waals surface area contributed by atoms with Crippen LogP contribution in [0.3, 0.4) is 0 Å². The summed E-state index contributed by atoms with van der Waals surface area (Å²) in [7, 11) is 0. The largest absolute Gasteiger partial charge is 0.490 e. The van der Waals surface area contributed by atoms with Crippen molar-refractivity contribution in [2.45, 2.75) is 26.3 Å². The minimum atomic E-state index is -0.452. The van der Waals surface area contributed by atoms with Crippen molar-refractivity contribution >= 4 is 16.9 Å². The molecule has 27 heavy (non-hydrogen) atoms. The van der Waals surface area contributed by atoms with Gasteiger partial charge in [0.25, 0.3) is 5.56 Å². The van der Waals surface area contributed by atoms with Gasteiger partial charge in [0.15, 0.2) is 0 Å². The fourth-order valence-corrected chi connectivity index (χ4v) is 3.29. The molecule has 0 radical (unpaired) electrons. The van der Waals surface area contributed by atoms with E-state index in [4.69, 9.17) is 9.47 Å². The Labute approximate surface area is 156 Å². The number of carbonyl (C=O) groups is 1. The molecule has 0 saturated carbocycles. The molecular formula is C21H20N2O4. The van der Waals surface area contributed by atoms with E-state index >= 15 is 0 Å². The topological polar surface area (TPSA) is 70.4 Å². The van der Waals surface area contributed by atoms with Crippen LogP contribution in [0, 0.1) is 6.92 Å². The molecule has 138 valence electrons. The van der Waals surface area contributed by atoms with Crippen LogP contribution in [0.4, 0.5) is 0 Å². The molecule has 2 aromatic carbocycles. The van der Waals surface area contributed by atoms with Gasteiger partial charge >= 0.3 is 5.97 Å². The monoisotopic (exact) mass is 364 g/mol. The second kappa shape index (κ2) is 7.23. The molecular weight excluding hydrogens is 344 g/mol. The summed E-state index contributed by atoms with van der Waals surface area (Å²) in [6, 6.07) is 12.6. The number of ether oxygens (including phenoxy) is 2. The van der Waals surface area contributed by atoms with Crippen molar-refractivity contribution in [2.24, 2.45) is 0 Å². The second-order valence-corrected chi connectivity index (χ2v) is 6.62. The van der Waals surface area contributed by atoms with Crippen LogP contribution in [0.25, 0.3) is 10.9 Å². The fraction of sp³-hybridized carbons (Fsp3) is 0.286.